The third kappa shape index (κ3) is 3.57. The molecule has 2 aromatic heterocycles. The van der Waals surface area contributed by atoms with Crippen LogP contribution in [0.25, 0.3) is 16.9 Å². The van der Waals surface area contributed by atoms with Crippen molar-refractivity contribution in [3.05, 3.63) is 66.6 Å². The highest BCUT2D eigenvalue weighted by atomic mass is 16.2. The van der Waals surface area contributed by atoms with E-state index in [-0.39, 0.29) is 5.91 Å². The van der Waals surface area contributed by atoms with Gasteiger partial charge in [0, 0.05) is 37.2 Å². The summed E-state index contributed by atoms with van der Waals surface area (Å²) in [6.45, 7) is 1.73. The molecule has 1 saturated carbocycles. The summed E-state index contributed by atoms with van der Waals surface area (Å²) < 4.78 is 1.81. The van der Waals surface area contributed by atoms with Gasteiger partial charge in [0.2, 0.25) is 0 Å². The minimum absolute atomic E-state index is 0.0926. The molecular weight excluding hydrogens is 360 g/mol. The molecule has 0 spiro atoms. The molecule has 29 heavy (non-hydrogen) atoms. The Balaban J connectivity index is 1.49. The van der Waals surface area contributed by atoms with Crippen molar-refractivity contribution >= 4 is 5.91 Å². The molecule has 5 nitrogen and oxygen atoms in total. The Morgan fingerprint density at radius 1 is 0.966 bits per heavy atom. The van der Waals surface area contributed by atoms with Crippen LogP contribution in [0, 0.1) is 11.8 Å². The number of hydrogen-bond donors (Lipinski definition) is 0. The molecular formula is C24H26N4O. The number of para-hydroxylation sites is 1. The van der Waals surface area contributed by atoms with Gasteiger partial charge in [-0.3, -0.25) is 9.78 Å². The maximum absolute atomic E-state index is 13.6. The predicted octanol–water partition coefficient (Wildman–Crippen LogP) is 4.59. The minimum atomic E-state index is 0.0926. The van der Waals surface area contributed by atoms with Gasteiger partial charge >= 0.3 is 0 Å². The number of fused-ring (bicyclic) bond motifs is 1. The molecule has 0 radical (unpaired) electrons. The van der Waals surface area contributed by atoms with E-state index in [1.54, 1.807) is 12.4 Å². The van der Waals surface area contributed by atoms with E-state index in [9.17, 15) is 4.79 Å². The summed E-state index contributed by atoms with van der Waals surface area (Å²) in [6.07, 6.45) is 11.8. The van der Waals surface area contributed by atoms with E-state index in [1.807, 2.05) is 53.3 Å². The summed E-state index contributed by atoms with van der Waals surface area (Å²) in [6, 6.07) is 13.8. The summed E-state index contributed by atoms with van der Waals surface area (Å²) in [5.41, 5.74) is 3.19. The summed E-state index contributed by atoms with van der Waals surface area (Å²) in [5.74, 6) is 1.56. The molecule has 2 aliphatic rings. The van der Waals surface area contributed by atoms with E-state index in [0.717, 1.165) is 36.7 Å². The lowest BCUT2D eigenvalue weighted by molar-refractivity contribution is 0.0521. The van der Waals surface area contributed by atoms with Crippen LogP contribution < -0.4 is 0 Å². The molecule has 1 aliphatic heterocycles. The van der Waals surface area contributed by atoms with Gasteiger partial charge in [-0.05, 0) is 48.9 Å². The SMILES string of the molecule is O=C(c1cn(-c2ccccc2)nc1-c1cccnc1)N1CC[C@@H]2CCCC[C@H]2C1. The third-order valence-electron chi connectivity index (χ3n) is 6.48. The molecule has 0 bridgehead atoms. The second-order valence-electron chi connectivity index (χ2n) is 8.26. The maximum atomic E-state index is 13.6. The van der Waals surface area contributed by atoms with Crippen LogP contribution in [0.3, 0.4) is 0 Å². The number of benzene rings is 1. The van der Waals surface area contributed by atoms with Crippen LogP contribution in [-0.2, 0) is 0 Å². The van der Waals surface area contributed by atoms with Gasteiger partial charge in [-0.15, -0.1) is 0 Å². The Kier molecular flexibility index (Phi) is 4.88. The van der Waals surface area contributed by atoms with Crippen molar-refractivity contribution in [3.8, 4) is 16.9 Å². The lowest BCUT2D eigenvalue weighted by Crippen LogP contribution is -2.44. The van der Waals surface area contributed by atoms with E-state index in [0.29, 0.717) is 17.2 Å². The molecule has 0 N–H and O–H groups in total. The van der Waals surface area contributed by atoms with Crippen molar-refractivity contribution in [2.75, 3.05) is 13.1 Å². The van der Waals surface area contributed by atoms with Crippen molar-refractivity contribution in [3.63, 3.8) is 0 Å². The monoisotopic (exact) mass is 386 g/mol. The Bertz CT molecular complexity index is 983. The van der Waals surface area contributed by atoms with Gasteiger partial charge in [-0.25, -0.2) is 4.68 Å². The lowest BCUT2D eigenvalue weighted by Gasteiger charge is -2.41. The molecule has 148 valence electrons. The number of carbonyl (C=O) groups excluding carboxylic acids is 1. The van der Waals surface area contributed by atoms with Crippen molar-refractivity contribution in [1.82, 2.24) is 19.7 Å². The van der Waals surface area contributed by atoms with Crippen molar-refractivity contribution in [2.45, 2.75) is 32.1 Å². The van der Waals surface area contributed by atoms with Gasteiger partial charge in [0.1, 0.15) is 5.69 Å². The van der Waals surface area contributed by atoms with E-state index < -0.39 is 0 Å². The molecule has 1 aliphatic carbocycles. The van der Waals surface area contributed by atoms with E-state index in [1.165, 1.54) is 25.7 Å². The first kappa shape index (κ1) is 18.1. The molecule has 0 unspecified atom stereocenters. The van der Waals surface area contributed by atoms with Crippen LogP contribution in [0.15, 0.2) is 61.1 Å². The van der Waals surface area contributed by atoms with Gasteiger partial charge in [-0.2, -0.15) is 5.10 Å². The van der Waals surface area contributed by atoms with Crippen LogP contribution >= 0.6 is 0 Å². The second-order valence-corrected chi connectivity index (χ2v) is 8.26. The first-order chi connectivity index (χ1) is 14.3. The van der Waals surface area contributed by atoms with Gasteiger partial charge < -0.3 is 4.90 Å². The van der Waals surface area contributed by atoms with E-state index >= 15 is 0 Å². The molecule has 3 aromatic rings. The predicted molar refractivity (Wildman–Crippen MR) is 113 cm³/mol. The molecule has 1 saturated heterocycles. The van der Waals surface area contributed by atoms with E-state index in [2.05, 4.69) is 9.88 Å². The summed E-state index contributed by atoms with van der Waals surface area (Å²) >= 11 is 0. The van der Waals surface area contributed by atoms with Crippen LogP contribution in [-0.4, -0.2) is 38.7 Å². The van der Waals surface area contributed by atoms with Crippen LogP contribution in [0.2, 0.25) is 0 Å². The standard InChI is InChI=1S/C24H26N4O/c29-24(27-14-12-18-7-4-5-8-20(18)16-27)22-17-28(21-10-2-1-3-11-21)26-23(22)19-9-6-13-25-15-19/h1-3,6,9-11,13,15,17-18,20H,4-5,7-8,12,14,16H2/t18-,20-/m0/s1. The fourth-order valence-electron chi connectivity index (χ4n) is 4.92. The molecule has 2 fully saturated rings. The van der Waals surface area contributed by atoms with E-state index in [4.69, 9.17) is 5.10 Å². The minimum Gasteiger partial charge on any atom is -0.338 e. The zero-order valence-corrected chi connectivity index (χ0v) is 16.6. The second kappa shape index (κ2) is 7.82. The fraction of sp³-hybridized carbons (Fsp3) is 0.375. The molecule has 5 rings (SSSR count). The Hall–Kier alpha value is -2.95. The Labute approximate surface area is 171 Å². The van der Waals surface area contributed by atoms with Crippen molar-refractivity contribution in [1.29, 1.82) is 0 Å². The average molecular weight is 386 g/mol. The fourth-order valence-corrected chi connectivity index (χ4v) is 4.92. The first-order valence-corrected chi connectivity index (χ1v) is 10.6. The molecule has 1 aromatic carbocycles. The number of likely N-dealkylation sites (tertiary alicyclic amines) is 1. The van der Waals surface area contributed by atoms with Gasteiger partial charge in [-0.1, -0.05) is 37.5 Å². The maximum Gasteiger partial charge on any atom is 0.257 e. The average Bonchev–Trinajstić information content (AvgIpc) is 3.25. The lowest BCUT2D eigenvalue weighted by atomic mass is 9.75. The highest BCUT2D eigenvalue weighted by Crippen LogP contribution is 2.37. The van der Waals surface area contributed by atoms with Gasteiger partial charge in [0.05, 0.1) is 11.3 Å². The number of rotatable bonds is 3. The van der Waals surface area contributed by atoms with Crippen molar-refractivity contribution in [2.24, 2.45) is 11.8 Å². The zero-order valence-electron chi connectivity index (χ0n) is 16.6. The quantitative estimate of drug-likeness (QED) is 0.662. The first-order valence-electron chi connectivity index (χ1n) is 10.6. The van der Waals surface area contributed by atoms with Gasteiger partial charge in [0.15, 0.2) is 0 Å². The molecule has 3 heterocycles. The number of piperidine rings is 1. The number of pyridine rings is 1. The molecule has 2 atom stereocenters. The number of hydrogen-bond acceptors (Lipinski definition) is 3. The number of nitrogens with zero attached hydrogens (tertiary/aromatic N) is 4. The van der Waals surface area contributed by atoms with Crippen LogP contribution in [0.5, 0.6) is 0 Å². The highest BCUT2D eigenvalue weighted by Gasteiger charge is 2.34. The summed E-state index contributed by atoms with van der Waals surface area (Å²) in [5, 5.41) is 4.78. The Morgan fingerprint density at radius 2 is 1.79 bits per heavy atom. The normalized spacial score (nSPS) is 21.6. The molecule has 1 amide bonds. The van der Waals surface area contributed by atoms with Crippen LogP contribution in [0.1, 0.15) is 42.5 Å². The zero-order chi connectivity index (χ0) is 19.6. The third-order valence-corrected chi connectivity index (χ3v) is 6.48. The highest BCUT2D eigenvalue weighted by molar-refractivity contribution is 6.00. The van der Waals surface area contributed by atoms with Crippen LogP contribution in [0.4, 0.5) is 0 Å². The number of amides is 1. The smallest absolute Gasteiger partial charge is 0.257 e. The van der Waals surface area contributed by atoms with Gasteiger partial charge in [0.25, 0.3) is 5.91 Å². The number of carbonyl (C=O) groups is 1. The topological polar surface area (TPSA) is 51.0 Å². The molecule has 5 heteroatoms. The summed E-state index contributed by atoms with van der Waals surface area (Å²) in [4.78, 5) is 19.9. The summed E-state index contributed by atoms with van der Waals surface area (Å²) in [7, 11) is 0. The number of aromatic nitrogens is 3. The Morgan fingerprint density at radius 3 is 2.59 bits per heavy atom. The largest absolute Gasteiger partial charge is 0.338 e. The van der Waals surface area contributed by atoms with Crippen molar-refractivity contribution < 1.29 is 4.79 Å².